The van der Waals surface area contributed by atoms with Gasteiger partial charge in [-0.05, 0) is 343 Å². The lowest BCUT2D eigenvalue weighted by atomic mass is 9.75. The molecule has 0 radical (unpaired) electrons. The van der Waals surface area contributed by atoms with E-state index >= 15 is 0 Å². The first-order valence-corrected chi connectivity index (χ1v) is 54.4. The number of hydrogen-bond acceptors (Lipinski definition) is 10. The van der Waals surface area contributed by atoms with Crippen molar-refractivity contribution in [3.63, 3.8) is 0 Å². The lowest BCUT2D eigenvalue weighted by Gasteiger charge is -2.40. The summed E-state index contributed by atoms with van der Waals surface area (Å²) in [5.41, 5.74) is 8.32. The highest BCUT2D eigenvalue weighted by atomic mass is 16.7. The predicted octanol–water partition coefficient (Wildman–Crippen LogP) is 34.4. The van der Waals surface area contributed by atoms with Crippen LogP contribution in [0.25, 0.3) is 0 Å². The molecule has 2 N–H and O–H groups in total. The van der Waals surface area contributed by atoms with Gasteiger partial charge in [0.25, 0.3) is 0 Å². The first kappa shape index (κ1) is 103. The molecule has 20 unspecified atom stereocenters. The number of phenols is 2. The fourth-order valence-corrected chi connectivity index (χ4v) is 24.7. The molecule has 11 fully saturated rings. The molecular weight excluding hydrogens is 1600 g/mol. The minimum Gasteiger partial charge on any atom is -0.508 e. The quantitative estimate of drug-likeness (QED) is 0.0379. The van der Waals surface area contributed by atoms with Crippen molar-refractivity contribution in [1.82, 2.24) is 0 Å². The standard InChI is InChI=1S/C28H42O2.C27H40O2.C24H38O2.C21H34O2.2C10H14O/c1-3-19(2)21-12-14-23(15-13-21)29-28(16-20-8-5-4-6-9-20)30-27-18-22-17-26(27)25-11-7-10-24(22)25;1-3-18(2)19-12-14-22(15-13-19)28-27(20-8-5-4-6-9-20)29-26-17-21-16-25(26)24-11-7-10-23(21)24;1-3-19(2)21-14-16-23(17-15-21)26-24(18-20-10-6-4-7-11-20)25-22-12-8-5-9-13-22;1-6-17(4)18-10-12-19(13-11-18)23-20(22-16(2)3)21(5)14-8-7-9-15-21;2*1-3-8(2)9-4-6-10(11)7-5-9/h12-15,19-20,22,24-28H,3-11,16-18H2,1-2H3;12-15,18,20-21,23-27H,3-11,16-17H2,1-2H3;14-17,19-20,22,24H,3-13,18H2,1-2H3;10-13,16-17,20H,6-9,14-15H2,1-5H3;2*4-8,11H,3H2,1-2H3. The molecule has 0 heterocycles. The highest BCUT2D eigenvalue weighted by Gasteiger charge is 2.56. The molecule has 0 saturated heterocycles. The zero-order valence-corrected chi connectivity index (χ0v) is 84.4. The zero-order valence-electron chi connectivity index (χ0n) is 84.4. The van der Waals surface area contributed by atoms with Crippen molar-refractivity contribution in [2.75, 3.05) is 0 Å². The van der Waals surface area contributed by atoms with Crippen LogP contribution in [0.15, 0.2) is 146 Å². The normalized spacial score (nSPS) is 26.4. The van der Waals surface area contributed by atoms with Crippen LogP contribution >= 0.6 is 0 Å². The molecule has 10 nitrogen and oxygen atoms in total. The molecule has 6 aromatic rings. The van der Waals surface area contributed by atoms with E-state index in [1.54, 1.807) is 24.3 Å². The molecule has 0 aliphatic heterocycles. The number of phenolic OH excluding ortho intramolecular Hbond substituents is 2. The summed E-state index contributed by atoms with van der Waals surface area (Å²) in [6.07, 6.45) is 57.6. The molecule has 20 atom stereocenters. The van der Waals surface area contributed by atoms with Crippen molar-refractivity contribution in [2.24, 2.45) is 70.5 Å². The topological polar surface area (TPSA) is 114 Å². The number of ether oxygens (including phenoxy) is 8. The molecule has 0 spiro atoms. The van der Waals surface area contributed by atoms with E-state index in [1.807, 2.05) is 24.3 Å². The zero-order chi connectivity index (χ0) is 91.9. The van der Waals surface area contributed by atoms with Gasteiger partial charge in [-0.15, -0.1) is 0 Å². The Hall–Kier alpha value is -6.04. The summed E-state index contributed by atoms with van der Waals surface area (Å²) in [6.45, 7) is 33.4. The van der Waals surface area contributed by atoms with Crippen LogP contribution in [0, 0.1) is 70.5 Å². The van der Waals surface area contributed by atoms with Gasteiger partial charge in [-0.25, -0.2) is 0 Å². The Morgan fingerprint density at radius 1 is 0.300 bits per heavy atom. The lowest BCUT2D eigenvalue weighted by molar-refractivity contribution is -0.182. The first-order chi connectivity index (χ1) is 63.1. The van der Waals surface area contributed by atoms with Crippen LogP contribution in [0.2, 0.25) is 0 Å². The summed E-state index contributed by atoms with van der Waals surface area (Å²) in [4.78, 5) is 0. The number of rotatable bonds is 34. The Morgan fingerprint density at radius 2 is 0.608 bits per heavy atom. The Kier molecular flexibility index (Phi) is 41.9. The second-order valence-electron chi connectivity index (χ2n) is 43.7. The number of hydrogen-bond donors (Lipinski definition) is 2. The Labute approximate surface area is 792 Å². The van der Waals surface area contributed by atoms with Gasteiger partial charge in [0, 0.05) is 24.2 Å². The van der Waals surface area contributed by atoms with E-state index in [0.717, 1.165) is 114 Å². The fourth-order valence-electron chi connectivity index (χ4n) is 24.7. The Balaban J connectivity index is 0.000000146. The third-order valence-corrected chi connectivity index (χ3v) is 34.2. The summed E-state index contributed by atoms with van der Waals surface area (Å²) in [6, 6.07) is 49.9. The molecular formula is C120H182O10. The first-order valence-electron chi connectivity index (χ1n) is 54.4. The smallest absolute Gasteiger partial charge is 0.205 e. The van der Waals surface area contributed by atoms with Crippen LogP contribution in [-0.2, 0) is 18.9 Å². The van der Waals surface area contributed by atoms with Gasteiger partial charge in [0.05, 0.1) is 24.4 Å². The maximum Gasteiger partial charge on any atom is 0.205 e. The lowest BCUT2D eigenvalue weighted by Crippen LogP contribution is -2.42. The van der Waals surface area contributed by atoms with E-state index in [0.29, 0.717) is 71.2 Å². The summed E-state index contributed by atoms with van der Waals surface area (Å²) < 4.78 is 52.2. The van der Waals surface area contributed by atoms with Gasteiger partial charge in [0.2, 0.25) is 12.6 Å². The highest BCUT2D eigenvalue weighted by molar-refractivity contribution is 5.34. The van der Waals surface area contributed by atoms with E-state index in [4.69, 9.17) is 48.1 Å². The van der Waals surface area contributed by atoms with E-state index in [9.17, 15) is 0 Å². The predicted molar refractivity (Wildman–Crippen MR) is 540 cm³/mol. The molecule has 11 aliphatic rings. The van der Waals surface area contributed by atoms with Crippen molar-refractivity contribution in [3.05, 3.63) is 179 Å². The molecule has 17 rings (SSSR count). The largest absolute Gasteiger partial charge is 0.508 e. The van der Waals surface area contributed by atoms with E-state index < -0.39 is 0 Å². The SMILES string of the molecule is CCC(C)c1ccc(O)cc1.CCC(C)c1ccc(O)cc1.CCC(C)c1ccc(OC(CC2CCCCC2)OC2CC3CC2C2CCCC32)cc1.CCC(C)c1ccc(OC(CC2CCCCC2)OC2CCCCC2)cc1.CCC(C)c1ccc(OC(OC(C)C)C2(C)CCCCC2)cc1.CCC(C)c1ccc(OC(OC2CC3CC2C2CCCC32)C2CCCCC2)cc1. The van der Waals surface area contributed by atoms with Crippen LogP contribution in [0.3, 0.4) is 0 Å². The molecule has 11 aliphatic carbocycles. The molecule has 722 valence electrons. The molecule has 130 heavy (non-hydrogen) atoms. The molecule has 6 aromatic carbocycles. The van der Waals surface area contributed by atoms with E-state index in [2.05, 4.69) is 201 Å². The molecule has 11 saturated carbocycles. The van der Waals surface area contributed by atoms with Crippen molar-refractivity contribution in [3.8, 4) is 34.5 Å². The fraction of sp³-hybridized carbons (Fsp3) is 0.700. The van der Waals surface area contributed by atoms with Crippen LogP contribution < -0.4 is 18.9 Å². The van der Waals surface area contributed by atoms with Gasteiger partial charge < -0.3 is 48.1 Å². The molecule has 0 amide bonds. The monoisotopic (exact) mass is 1780 g/mol. The maximum atomic E-state index is 9.01. The van der Waals surface area contributed by atoms with Crippen molar-refractivity contribution in [2.45, 2.75) is 465 Å². The van der Waals surface area contributed by atoms with Crippen LogP contribution in [0.5, 0.6) is 34.5 Å². The van der Waals surface area contributed by atoms with Gasteiger partial charge in [-0.1, -0.05) is 298 Å². The van der Waals surface area contributed by atoms with Crippen LogP contribution in [0.1, 0.15) is 449 Å². The molecule has 0 aromatic heterocycles. The van der Waals surface area contributed by atoms with Crippen LogP contribution in [-0.4, -0.2) is 59.8 Å². The number of fused-ring (bicyclic) bond motifs is 10. The summed E-state index contributed by atoms with van der Waals surface area (Å²) in [5.74, 6) is 17.8. The van der Waals surface area contributed by atoms with Gasteiger partial charge in [-0.3, -0.25) is 0 Å². The minimum absolute atomic E-state index is 0.0473. The summed E-state index contributed by atoms with van der Waals surface area (Å²) >= 11 is 0. The van der Waals surface area contributed by atoms with Crippen LogP contribution in [0.4, 0.5) is 0 Å². The van der Waals surface area contributed by atoms with Gasteiger partial charge in [-0.2, -0.15) is 0 Å². The maximum absolute atomic E-state index is 9.01. The van der Waals surface area contributed by atoms with Crippen molar-refractivity contribution >= 4 is 0 Å². The van der Waals surface area contributed by atoms with E-state index in [-0.39, 0.29) is 36.7 Å². The summed E-state index contributed by atoms with van der Waals surface area (Å²) in [7, 11) is 0. The summed E-state index contributed by atoms with van der Waals surface area (Å²) in [5, 5.41) is 18.0. The molecule has 4 bridgehead atoms. The van der Waals surface area contributed by atoms with Gasteiger partial charge >= 0.3 is 0 Å². The number of benzene rings is 6. The highest BCUT2D eigenvalue weighted by Crippen LogP contribution is 2.61. The van der Waals surface area contributed by atoms with Crippen molar-refractivity contribution < 1.29 is 48.1 Å². The second-order valence-corrected chi connectivity index (χ2v) is 43.7. The Morgan fingerprint density at radius 3 is 0.969 bits per heavy atom. The van der Waals surface area contributed by atoms with Gasteiger partial charge in [0.15, 0.2) is 12.6 Å². The van der Waals surface area contributed by atoms with Crippen molar-refractivity contribution in [1.29, 1.82) is 0 Å². The van der Waals surface area contributed by atoms with Gasteiger partial charge in [0.1, 0.15) is 34.5 Å². The van der Waals surface area contributed by atoms with E-state index in [1.165, 1.54) is 277 Å². The molecule has 10 heteroatoms. The number of aromatic hydroxyl groups is 2. The average molecular weight is 1780 g/mol. The third kappa shape index (κ3) is 30.5. The average Bonchev–Trinajstić information content (AvgIpc) is 1.60. The minimum atomic E-state index is -0.155. The second kappa shape index (κ2) is 52.9. The Bertz CT molecular complexity index is 3960. The third-order valence-electron chi connectivity index (χ3n) is 34.2.